The van der Waals surface area contributed by atoms with E-state index in [2.05, 4.69) is 26.4 Å². The standard InChI is InChI=1S/C37H50N6O7/c1-7-25(4)33(41-37(48)50-6)34(45)39-30(21-26-13-9-8-10-14-26)31(44)23-43(42-35(46)32(24(2)3)40-36(47)49-5)22-27-16-18-28(19-17-27)29-15-11-12-20-38-29/h8-20,24-25,30-33,44H,7,21-23H2,1-6H3,(H,39,45)(H,40,47)(H,41,48)(H,42,46)/t25-,30-,31-,32-,33-/m0/s1. The van der Waals surface area contributed by atoms with Crippen LogP contribution >= 0.6 is 0 Å². The normalized spacial score (nSPS) is 14.1. The van der Waals surface area contributed by atoms with Gasteiger partial charge in [-0.15, -0.1) is 0 Å². The molecule has 0 saturated heterocycles. The molecular weight excluding hydrogens is 640 g/mol. The second kappa shape index (κ2) is 19.9. The first-order valence-corrected chi connectivity index (χ1v) is 16.7. The third-order valence-electron chi connectivity index (χ3n) is 8.42. The Labute approximate surface area is 294 Å². The monoisotopic (exact) mass is 690 g/mol. The zero-order valence-electron chi connectivity index (χ0n) is 29.6. The number of carbonyl (C=O) groups excluding carboxylic acids is 4. The number of hydrazine groups is 1. The molecule has 3 rings (SSSR count). The molecule has 0 saturated carbocycles. The number of aliphatic hydroxyl groups is 1. The van der Waals surface area contributed by atoms with Crippen molar-refractivity contribution in [1.82, 2.24) is 31.4 Å². The number of hydrogen-bond donors (Lipinski definition) is 5. The van der Waals surface area contributed by atoms with E-state index in [0.29, 0.717) is 6.42 Å². The number of rotatable bonds is 17. The number of alkyl carbamates (subject to hydrolysis) is 2. The number of pyridine rings is 1. The lowest BCUT2D eigenvalue weighted by atomic mass is 9.96. The Balaban J connectivity index is 1.92. The number of methoxy groups -OCH3 is 2. The van der Waals surface area contributed by atoms with Gasteiger partial charge >= 0.3 is 12.2 Å². The van der Waals surface area contributed by atoms with E-state index in [1.807, 2.05) is 86.6 Å². The molecule has 0 radical (unpaired) electrons. The van der Waals surface area contributed by atoms with Gasteiger partial charge < -0.3 is 30.5 Å². The third kappa shape index (κ3) is 12.1. The fourth-order valence-electron chi connectivity index (χ4n) is 5.30. The van der Waals surface area contributed by atoms with E-state index < -0.39 is 48.2 Å². The van der Waals surface area contributed by atoms with Crippen molar-refractivity contribution in [3.8, 4) is 11.3 Å². The minimum Gasteiger partial charge on any atom is -0.453 e. The molecule has 13 heteroatoms. The second-order valence-electron chi connectivity index (χ2n) is 12.5. The number of ether oxygens (including phenoxy) is 2. The van der Waals surface area contributed by atoms with Gasteiger partial charge in [0.25, 0.3) is 5.91 Å². The third-order valence-corrected chi connectivity index (χ3v) is 8.42. The summed E-state index contributed by atoms with van der Waals surface area (Å²) in [5.41, 5.74) is 6.28. The first kappa shape index (κ1) is 39.4. The highest BCUT2D eigenvalue weighted by Gasteiger charge is 2.32. The van der Waals surface area contributed by atoms with Crippen LogP contribution in [-0.2, 0) is 32.0 Å². The molecular formula is C37H50N6O7. The average Bonchev–Trinajstić information content (AvgIpc) is 3.12. The molecule has 5 atom stereocenters. The molecule has 0 aliphatic rings. The van der Waals surface area contributed by atoms with Crippen LogP contribution in [0.1, 0.15) is 45.2 Å². The molecule has 0 fully saturated rings. The van der Waals surface area contributed by atoms with E-state index in [-0.39, 0.29) is 31.3 Å². The van der Waals surface area contributed by atoms with E-state index in [4.69, 9.17) is 9.47 Å². The number of nitrogens with zero attached hydrogens (tertiary/aromatic N) is 2. The van der Waals surface area contributed by atoms with Crippen molar-refractivity contribution in [3.05, 3.63) is 90.1 Å². The van der Waals surface area contributed by atoms with Crippen LogP contribution in [0.4, 0.5) is 9.59 Å². The highest BCUT2D eigenvalue weighted by molar-refractivity contribution is 5.86. The predicted molar refractivity (Wildman–Crippen MR) is 189 cm³/mol. The maximum atomic E-state index is 13.7. The van der Waals surface area contributed by atoms with E-state index >= 15 is 0 Å². The van der Waals surface area contributed by atoms with Gasteiger partial charge in [0.1, 0.15) is 12.1 Å². The lowest BCUT2D eigenvalue weighted by molar-refractivity contribution is -0.131. The fraction of sp³-hybridized carbons (Fsp3) is 0.432. The van der Waals surface area contributed by atoms with Crippen LogP contribution in [0.3, 0.4) is 0 Å². The summed E-state index contributed by atoms with van der Waals surface area (Å²) in [7, 11) is 2.44. The molecule has 270 valence electrons. The molecule has 0 aliphatic heterocycles. The molecule has 0 bridgehead atoms. The molecule has 1 heterocycles. The van der Waals surface area contributed by atoms with Crippen molar-refractivity contribution in [2.24, 2.45) is 11.8 Å². The Morgan fingerprint density at radius 2 is 1.40 bits per heavy atom. The first-order valence-electron chi connectivity index (χ1n) is 16.7. The van der Waals surface area contributed by atoms with Gasteiger partial charge in [-0.1, -0.05) is 94.8 Å². The molecule has 2 aromatic carbocycles. The van der Waals surface area contributed by atoms with Crippen LogP contribution in [0.25, 0.3) is 11.3 Å². The molecule has 1 aromatic heterocycles. The van der Waals surface area contributed by atoms with Gasteiger partial charge in [-0.3, -0.25) is 20.0 Å². The lowest BCUT2D eigenvalue weighted by Crippen LogP contribution is -2.59. The Morgan fingerprint density at radius 3 is 1.96 bits per heavy atom. The van der Waals surface area contributed by atoms with Gasteiger partial charge in [-0.25, -0.2) is 14.6 Å². The number of hydrogen-bond acceptors (Lipinski definition) is 9. The number of aromatic nitrogens is 1. The van der Waals surface area contributed by atoms with Crippen LogP contribution in [0.5, 0.6) is 0 Å². The van der Waals surface area contributed by atoms with E-state index in [0.717, 1.165) is 22.4 Å². The molecule has 0 unspecified atom stereocenters. The van der Waals surface area contributed by atoms with Gasteiger partial charge in [-0.05, 0) is 41.5 Å². The minimum atomic E-state index is -1.20. The lowest BCUT2D eigenvalue weighted by Gasteiger charge is -2.33. The van der Waals surface area contributed by atoms with Crippen LogP contribution < -0.4 is 21.4 Å². The van der Waals surface area contributed by atoms with Crippen molar-refractivity contribution in [3.63, 3.8) is 0 Å². The van der Waals surface area contributed by atoms with E-state index in [1.54, 1.807) is 25.1 Å². The van der Waals surface area contributed by atoms with Crippen molar-refractivity contribution < 1.29 is 33.8 Å². The van der Waals surface area contributed by atoms with Crippen molar-refractivity contribution in [2.75, 3.05) is 20.8 Å². The highest BCUT2D eigenvalue weighted by atomic mass is 16.5. The van der Waals surface area contributed by atoms with Gasteiger partial charge in [0.05, 0.1) is 32.1 Å². The van der Waals surface area contributed by atoms with E-state index in [1.165, 1.54) is 14.2 Å². The molecule has 13 nitrogen and oxygen atoms in total. The zero-order valence-corrected chi connectivity index (χ0v) is 29.6. The maximum absolute atomic E-state index is 13.7. The fourth-order valence-corrected chi connectivity index (χ4v) is 5.30. The van der Waals surface area contributed by atoms with Crippen molar-refractivity contribution in [2.45, 2.75) is 71.3 Å². The highest BCUT2D eigenvalue weighted by Crippen LogP contribution is 2.18. The van der Waals surface area contributed by atoms with Gasteiger partial charge in [0, 0.05) is 24.8 Å². The smallest absolute Gasteiger partial charge is 0.407 e. The van der Waals surface area contributed by atoms with Gasteiger partial charge in [0.15, 0.2) is 0 Å². The van der Waals surface area contributed by atoms with Gasteiger partial charge in [-0.2, -0.15) is 0 Å². The minimum absolute atomic E-state index is 0.104. The summed E-state index contributed by atoms with van der Waals surface area (Å²) in [6.07, 6.45) is -0.112. The summed E-state index contributed by atoms with van der Waals surface area (Å²) in [6, 6.07) is 20.0. The Morgan fingerprint density at radius 1 is 0.780 bits per heavy atom. The number of carbonyl (C=O) groups is 4. The van der Waals surface area contributed by atoms with Gasteiger partial charge in [0.2, 0.25) is 5.91 Å². The Bertz CT molecular complexity index is 1510. The van der Waals surface area contributed by atoms with Crippen molar-refractivity contribution in [1.29, 1.82) is 0 Å². The maximum Gasteiger partial charge on any atom is 0.407 e. The molecule has 3 aromatic rings. The topological polar surface area (TPSA) is 171 Å². The predicted octanol–water partition coefficient (Wildman–Crippen LogP) is 3.82. The number of amides is 4. The van der Waals surface area contributed by atoms with Crippen LogP contribution in [0.2, 0.25) is 0 Å². The number of benzene rings is 2. The summed E-state index contributed by atoms with van der Waals surface area (Å²) in [5, 5.41) is 21.5. The zero-order chi connectivity index (χ0) is 36.6. The van der Waals surface area contributed by atoms with Crippen molar-refractivity contribution >= 4 is 24.0 Å². The molecule has 50 heavy (non-hydrogen) atoms. The number of aliphatic hydroxyl groups excluding tert-OH is 1. The van der Waals surface area contributed by atoms with E-state index in [9.17, 15) is 24.3 Å². The Hall–Kier alpha value is -5.01. The largest absolute Gasteiger partial charge is 0.453 e. The molecule has 5 N–H and O–H groups in total. The molecule has 4 amide bonds. The van der Waals surface area contributed by atoms with Crippen LogP contribution in [-0.4, -0.2) is 84.1 Å². The molecule has 0 aliphatic carbocycles. The SMILES string of the molecule is CC[C@H](C)[C@H](NC(=O)OC)C(=O)N[C@@H](Cc1ccccc1)[C@@H](O)CN(Cc1ccc(-c2ccccn2)cc1)NC(=O)[C@@H](NC(=O)OC)C(C)C. The van der Waals surface area contributed by atoms with Crippen LogP contribution in [0.15, 0.2) is 79.0 Å². The summed E-state index contributed by atoms with van der Waals surface area (Å²) >= 11 is 0. The summed E-state index contributed by atoms with van der Waals surface area (Å²) in [4.78, 5) is 55.8. The first-order chi connectivity index (χ1) is 23.9. The van der Waals surface area contributed by atoms with Crippen LogP contribution in [0, 0.1) is 11.8 Å². The molecule has 0 spiro atoms. The summed E-state index contributed by atoms with van der Waals surface area (Å²) in [6.45, 7) is 7.40. The summed E-state index contributed by atoms with van der Waals surface area (Å²) in [5.74, 6) is -1.51. The summed E-state index contributed by atoms with van der Waals surface area (Å²) < 4.78 is 9.49. The average molecular weight is 691 g/mol. The Kier molecular flexibility index (Phi) is 15.7. The quantitative estimate of drug-likeness (QED) is 0.132. The second-order valence-corrected chi connectivity index (χ2v) is 12.5. The number of nitrogens with one attached hydrogen (secondary N) is 4.